The first kappa shape index (κ1) is 15.5. The van der Waals surface area contributed by atoms with Crippen LogP contribution in [0.4, 0.5) is 13.2 Å². The molecule has 112 valence electrons. The lowest BCUT2D eigenvalue weighted by Crippen LogP contribution is -2.15. The van der Waals surface area contributed by atoms with Crippen molar-refractivity contribution in [3.8, 4) is 0 Å². The van der Waals surface area contributed by atoms with Crippen LogP contribution in [0.5, 0.6) is 0 Å². The summed E-state index contributed by atoms with van der Waals surface area (Å²) in [5, 5.41) is 3.91. The van der Waals surface area contributed by atoms with Crippen LogP contribution in [0, 0.1) is 17.5 Å². The van der Waals surface area contributed by atoms with E-state index in [0.29, 0.717) is 12.1 Å². The Morgan fingerprint density at radius 1 is 1.33 bits per heavy atom. The maximum Gasteiger partial charge on any atom is 0.212 e. The van der Waals surface area contributed by atoms with Crippen molar-refractivity contribution in [2.75, 3.05) is 13.7 Å². The summed E-state index contributed by atoms with van der Waals surface area (Å²) in [6.07, 6.45) is 1.24. The number of nitrogens with zero attached hydrogens (tertiary/aromatic N) is 2. The molecule has 0 unspecified atom stereocenters. The molecule has 0 spiro atoms. The van der Waals surface area contributed by atoms with Crippen LogP contribution in [0.3, 0.4) is 0 Å². The molecule has 0 atom stereocenters. The predicted molar refractivity (Wildman–Crippen MR) is 68.9 cm³/mol. The van der Waals surface area contributed by atoms with Gasteiger partial charge in [-0.1, -0.05) is 11.6 Å². The van der Waals surface area contributed by atoms with Crippen LogP contribution >= 0.6 is 11.6 Å². The van der Waals surface area contributed by atoms with E-state index < -0.39 is 23.2 Å². The molecule has 0 saturated carbocycles. The van der Waals surface area contributed by atoms with Gasteiger partial charge in [0.05, 0.1) is 24.4 Å². The SMILES string of the molecule is COCCn1ncc(Cl)c1C(=O)c1cc(F)c(F)c(F)c1. The number of rotatable bonds is 5. The van der Waals surface area contributed by atoms with E-state index in [1.54, 1.807) is 0 Å². The summed E-state index contributed by atoms with van der Waals surface area (Å²) in [4.78, 5) is 12.3. The predicted octanol–water partition coefficient (Wildman–Crippen LogP) is 2.83. The van der Waals surface area contributed by atoms with Gasteiger partial charge in [0.25, 0.3) is 0 Å². The van der Waals surface area contributed by atoms with E-state index in [-0.39, 0.29) is 29.4 Å². The van der Waals surface area contributed by atoms with Crippen molar-refractivity contribution in [2.45, 2.75) is 6.54 Å². The third-order valence-electron chi connectivity index (χ3n) is 2.76. The van der Waals surface area contributed by atoms with Crippen LogP contribution in [-0.2, 0) is 11.3 Å². The molecule has 1 heterocycles. The minimum absolute atomic E-state index is 0.0289. The molecule has 0 amide bonds. The second-order valence-electron chi connectivity index (χ2n) is 4.14. The molecule has 8 heteroatoms. The number of hydrogen-bond donors (Lipinski definition) is 0. The van der Waals surface area contributed by atoms with Crippen LogP contribution in [-0.4, -0.2) is 29.3 Å². The highest BCUT2D eigenvalue weighted by molar-refractivity contribution is 6.34. The summed E-state index contributed by atoms with van der Waals surface area (Å²) in [6.45, 7) is 0.501. The molecule has 21 heavy (non-hydrogen) atoms. The summed E-state index contributed by atoms with van der Waals surface area (Å²) >= 11 is 5.87. The molecule has 0 bridgehead atoms. The van der Waals surface area contributed by atoms with Crippen LogP contribution in [0.25, 0.3) is 0 Å². The topological polar surface area (TPSA) is 44.1 Å². The lowest BCUT2D eigenvalue weighted by Gasteiger charge is -2.07. The molecule has 0 aliphatic rings. The van der Waals surface area contributed by atoms with Crippen molar-refractivity contribution in [3.05, 3.63) is 52.1 Å². The molecule has 2 rings (SSSR count). The summed E-state index contributed by atoms with van der Waals surface area (Å²) in [6, 6.07) is 1.23. The Morgan fingerprint density at radius 2 is 1.95 bits per heavy atom. The number of methoxy groups -OCH3 is 1. The van der Waals surface area contributed by atoms with E-state index in [1.165, 1.54) is 18.0 Å². The van der Waals surface area contributed by atoms with E-state index in [2.05, 4.69) is 5.10 Å². The number of carbonyl (C=O) groups excluding carboxylic acids is 1. The number of aromatic nitrogens is 2. The van der Waals surface area contributed by atoms with Crippen molar-refractivity contribution >= 4 is 17.4 Å². The quantitative estimate of drug-likeness (QED) is 0.629. The molecule has 1 aromatic carbocycles. The fourth-order valence-electron chi connectivity index (χ4n) is 1.76. The van der Waals surface area contributed by atoms with Crippen molar-refractivity contribution in [1.82, 2.24) is 9.78 Å². The van der Waals surface area contributed by atoms with Crippen molar-refractivity contribution in [1.29, 1.82) is 0 Å². The highest BCUT2D eigenvalue weighted by atomic mass is 35.5. The van der Waals surface area contributed by atoms with Gasteiger partial charge < -0.3 is 4.74 Å². The van der Waals surface area contributed by atoms with Crippen LogP contribution in [0.15, 0.2) is 18.3 Å². The number of hydrogen-bond acceptors (Lipinski definition) is 3. The smallest absolute Gasteiger partial charge is 0.212 e. The number of ether oxygens (including phenoxy) is 1. The van der Waals surface area contributed by atoms with Crippen molar-refractivity contribution < 1.29 is 22.7 Å². The first-order valence-corrected chi connectivity index (χ1v) is 6.23. The second-order valence-corrected chi connectivity index (χ2v) is 4.55. The Kier molecular flexibility index (Phi) is 4.64. The first-order chi connectivity index (χ1) is 9.95. The van der Waals surface area contributed by atoms with Crippen LogP contribution in [0.2, 0.25) is 5.02 Å². The average molecular weight is 319 g/mol. The van der Waals surface area contributed by atoms with Gasteiger partial charge in [-0.15, -0.1) is 0 Å². The average Bonchev–Trinajstić information content (AvgIpc) is 2.82. The molecular weight excluding hydrogens is 309 g/mol. The molecule has 0 fully saturated rings. The molecule has 0 N–H and O–H groups in total. The maximum absolute atomic E-state index is 13.2. The molecule has 4 nitrogen and oxygen atoms in total. The Bertz CT molecular complexity index is 665. The van der Waals surface area contributed by atoms with Crippen molar-refractivity contribution in [2.24, 2.45) is 0 Å². The Balaban J connectivity index is 2.43. The fraction of sp³-hybridized carbons (Fsp3) is 0.231. The van der Waals surface area contributed by atoms with E-state index >= 15 is 0 Å². The second kappa shape index (κ2) is 6.28. The number of ketones is 1. The zero-order chi connectivity index (χ0) is 15.6. The minimum atomic E-state index is -1.63. The van der Waals surface area contributed by atoms with Gasteiger partial charge >= 0.3 is 0 Å². The zero-order valence-corrected chi connectivity index (χ0v) is 11.6. The third kappa shape index (κ3) is 3.08. The lowest BCUT2D eigenvalue weighted by atomic mass is 10.1. The van der Waals surface area contributed by atoms with Gasteiger partial charge in [-0.05, 0) is 12.1 Å². The maximum atomic E-state index is 13.2. The lowest BCUT2D eigenvalue weighted by molar-refractivity contribution is 0.102. The van der Waals surface area contributed by atoms with Gasteiger partial charge in [0, 0.05) is 12.7 Å². The highest BCUT2D eigenvalue weighted by Crippen LogP contribution is 2.21. The van der Waals surface area contributed by atoms with Gasteiger partial charge in [-0.3, -0.25) is 9.48 Å². The Labute approximate surface area is 123 Å². The number of carbonyl (C=O) groups is 1. The van der Waals surface area contributed by atoms with Crippen LogP contribution in [0.1, 0.15) is 16.1 Å². The third-order valence-corrected chi connectivity index (χ3v) is 3.04. The van der Waals surface area contributed by atoms with Gasteiger partial charge in [-0.2, -0.15) is 5.10 Å². The van der Waals surface area contributed by atoms with Gasteiger partial charge in [0.1, 0.15) is 5.69 Å². The summed E-state index contributed by atoms with van der Waals surface area (Å²) in [5.74, 6) is -5.29. The van der Waals surface area contributed by atoms with E-state index in [9.17, 15) is 18.0 Å². The normalized spacial score (nSPS) is 10.9. The monoisotopic (exact) mass is 318 g/mol. The Morgan fingerprint density at radius 3 is 2.52 bits per heavy atom. The van der Waals surface area contributed by atoms with Gasteiger partial charge in [0.2, 0.25) is 5.78 Å². The molecule has 0 saturated heterocycles. The van der Waals surface area contributed by atoms with E-state index in [4.69, 9.17) is 16.3 Å². The highest BCUT2D eigenvalue weighted by Gasteiger charge is 2.22. The summed E-state index contributed by atoms with van der Waals surface area (Å²) < 4.78 is 45.4. The standard InChI is InChI=1S/C13H10ClF3N2O2/c1-21-3-2-19-12(8(14)6-18-19)13(20)7-4-9(15)11(17)10(16)5-7/h4-6H,2-3H2,1H3. The first-order valence-electron chi connectivity index (χ1n) is 5.85. The zero-order valence-electron chi connectivity index (χ0n) is 10.9. The number of benzene rings is 1. The molecular formula is C13H10ClF3N2O2. The van der Waals surface area contributed by atoms with Gasteiger partial charge in [-0.25, -0.2) is 13.2 Å². The Hall–Kier alpha value is -1.86. The van der Waals surface area contributed by atoms with E-state index in [1.807, 2.05) is 0 Å². The largest absolute Gasteiger partial charge is 0.383 e. The molecule has 0 aliphatic carbocycles. The molecule has 0 aliphatic heterocycles. The summed E-state index contributed by atoms with van der Waals surface area (Å²) in [7, 11) is 1.47. The van der Waals surface area contributed by atoms with E-state index in [0.717, 1.165) is 0 Å². The summed E-state index contributed by atoms with van der Waals surface area (Å²) in [5.41, 5.74) is -0.397. The molecule has 2 aromatic rings. The molecule has 0 radical (unpaired) electrons. The van der Waals surface area contributed by atoms with Gasteiger partial charge in [0.15, 0.2) is 17.5 Å². The molecule has 1 aromatic heterocycles. The number of halogens is 4. The van der Waals surface area contributed by atoms with Crippen molar-refractivity contribution in [3.63, 3.8) is 0 Å². The van der Waals surface area contributed by atoms with Crippen LogP contribution < -0.4 is 0 Å². The fourth-order valence-corrected chi connectivity index (χ4v) is 1.99. The minimum Gasteiger partial charge on any atom is -0.383 e.